The standard InChI is InChI=1S/C26H31BrN5O6P.C25H28BrN3O3.C24H23BrN4O2.C19H17BrN2O3.C6H13NO.C5H8O/c1-35-24(33)8-7-23-26(38-39(34,31-10-14-36-15-11-31)32-12-16-37-17-13-32)30-21-6-5-19(27)18-20(21)25(29-23)22-4-2-3-9-28-22;1-32-24(31)13-11-21-20(10-12-23(30)16-5-4-6-16)28-19-9-8-17(26)15-18(19)25(29-21)22-7-2-3-14-27-22;1-31-22(30)11-9-19-24-27-14-21(15-5-4-6-15)29(24)20-10-8-16(25)13-17(20)23(28-19)18-7-2-3-12-26-18;1-25-18(24)8-7-15-17(23)10-12-5-6-13(20)11-14(12)19(22-15)16-4-2-3-9-21-16;7-4-6(8)5-2-1-3-5;6-4-5-2-1-3-5/h2-6,9,18,23H,7-8,10-17H2,1H3;2-3,7-9,14-16,21,23,30H,4-6,10-13H2,1H3;2-3,7-8,10,12-15,19H,4-6,9,11H2,1H3;2-6,9,11,15H,7-8,10H2,1H3;5-6,8H,1-4,7H2;4-5H,1-3H2/t23-;21-,23?;19-;15-;;/m0000../s1. The second-order valence-corrected chi connectivity index (χ2v) is 41.6. The van der Waals surface area contributed by atoms with Crippen molar-refractivity contribution in [2.75, 3.05) is 87.6 Å². The molecular formula is C105H120Br4N15O16P. The molecule has 141 heavy (non-hydrogen) atoms. The number of nitrogens with two attached hydrogens (primary N) is 1. The average Bonchev–Trinajstić information content (AvgIpc) is 1.58. The predicted octanol–water partition coefficient (Wildman–Crippen LogP) is 18.2. The van der Waals surface area contributed by atoms with Gasteiger partial charge in [0.05, 0.1) is 136 Å². The number of imidazole rings is 1. The van der Waals surface area contributed by atoms with E-state index < -0.39 is 19.8 Å². The first-order chi connectivity index (χ1) is 68.5. The molecule has 4 N–H and O–H groups in total. The molecular weight excluding hydrogens is 2080 g/mol. The summed E-state index contributed by atoms with van der Waals surface area (Å²) in [5.74, 6) is 1.71. The van der Waals surface area contributed by atoms with E-state index in [4.69, 9.17) is 74.0 Å². The largest absolute Gasteiger partial charge is 0.469 e. The van der Waals surface area contributed by atoms with Gasteiger partial charge in [0.25, 0.3) is 0 Å². The van der Waals surface area contributed by atoms with Gasteiger partial charge in [0.2, 0.25) is 5.90 Å². The fourth-order valence-electron chi connectivity index (χ4n) is 17.5. The van der Waals surface area contributed by atoms with Crippen molar-refractivity contribution in [1.29, 1.82) is 0 Å². The molecule has 19 rings (SSSR count). The molecule has 744 valence electrons. The van der Waals surface area contributed by atoms with Crippen LogP contribution in [0.1, 0.15) is 215 Å². The number of aldehydes is 1. The topological polar surface area (TPSA) is 401 Å². The molecule has 9 aromatic rings. The molecule has 6 atom stereocenters. The van der Waals surface area contributed by atoms with Gasteiger partial charge in [0, 0.05) is 159 Å². The molecule has 4 aliphatic carbocycles. The Morgan fingerprint density at radius 2 is 0.901 bits per heavy atom. The highest BCUT2D eigenvalue weighted by atomic mass is 79.9. The average molecular weight is 2200 g/mol. The molecule has 5 aromatic heterocycles. The first-order valence-corrected chi connectivity index (χ1v) is 52.9. The van der Waals surface area contributed by atoms with Gasteiger partial charge in [-0.15, -0.1) is 0 Å². The zero-order valence-corrected chi connectivity index (χ0v) is 86.9. The Kier molecular flexibility index (Phi) is 39.8. The van der Waals surface area contributed by atoms with Crippen LogP contribution >= 0.6 is 71.4 Å². The molecule has 0 spiro atoms. The van der Waals surface area contributed by atoms with Crippen LogP contribution in [-0.4, -0.2) is 237 Å². The Balaban J connectivity index is 0.000000144. The number of esters is 4. The van der Waals surface area contributed by atoms with E-state index in [2.05, 4.69) is 111 Å². The van der Waals surface area contributed by atoms with Crippen molar-refractivity contribution in [3.63, 3.8) is 0 Å². The van der Waals surface area contributed by atoms with Crippen LogP contribution in [0.4, 0.5) is 11.4 Å². The highest BCUT2D eigenvalue weighted by Gasteiger charge is 2.45. The van der Waals surface area contributed by atoms with Crippen LogP contribution in [0.2, 0.25) is 0 Å². The number of ketones is 1. The summed E-state index contributed by atoms with van der Waals surface area (Å²) in [6.07, 6.45) is 27.6. The molecule has 2 unspecified atom stereocenters. The molecule has 4 saturated carbocycles. The number of nitrogens with zero attached hydrogens (tertiary/aromatic N) is 14. The van der Waals surface area contributed by atoms with Crippen LogP contribution in [0.5, 0.6) is 0 Å². The van der Waals surface area contributed by atoms with E-state index in [1.807, 2.05) is 143 Å². The summed E-state index contributed by atoms with van der Waals surface area (Å²) >= 11 is 14.2. The minimum absolute atomic E-state index is 0.00148. The number of morpholine rings is 2. The lowest BCUT2D eigenvalue weighted by molar-refractivity contribution is -0.141. The van der Waals surface area contributed by atoms with E-state index in [0.29, 0.717) is 143 Å². The lowest BCUT2D eigenvalue weighted by atomic mass is 9.79. The number of aliphatic imine (C=N–C) groups is 6. The van der Waals surface area contributed by atoms with Crippen molar-refractivity contribution >= 4 is 153 Å². The second kappa shape index (κ2) is 52.7. The number of fused-ring (bicyclic) bond motifs is 6. The van der Waals surface area contributed by atoms with Crippen LogP contribution in [0.15, 0.2) is 224 Å². The van der Waals surface area contributed by atoms with Crippen molar-refractivity contribution in [3.8, 4) is 5.69 Å². The lowest BCUT2D eigenvalue weighted by Gasteiger charge is -2.41. The van der Waals surface area contributed by atoms with Crippen LogP contribution < -0.4 is 5.73 Å². The number of aliphatic hydroxyl groups excluding tert-OH is 2. The van der Waals surface area contributed by atoms with Crippen molar-refractivity contribution in [2.24, 2.45) is 53.4 Å². The number of ether oxygens (including phenoxy) is 6. The van der Waals surface area contributed by atoms with Gasteiger partial charge in [-0.1, -0.05) is 120 Å². The zero-order valence-electron chi connectivity index (χ0n) is 79.6. The smallest absolute Gasteiger partial charge is 0.397 e. The van der Waals surface area contributed by atoms with Crippen LogP contribution in [0, 0.1) is 17.8 Å². The van der Waals surface area contributed by atoms with Crippen molar-refractivity contribution < 1.29 is 76.5 Å². The predicted molar refractivity (Wildman–Crippen MR) is 554 cm³/mol. The van der Waals surface area contributed by atoms with Gasteiger partial charge in [0.15, 0.2) is 5.78 Å². The van der Waals surface area contributed by atoms with Crippen LogP contribution in [0.3, 0.4) is 0 Å². The number of benzene rings is 4. The third-order valence-electron chi connectivity index (χ3n) is 26.5. The number of carbonyl (C=O) groups excluding carboxylic acids is 6. The molecule has 0 radical (unpaired) electrons. The number of methoxy groups -OCH3 is 4. The number of aliphatic hydroxyl groups is 2. The molecule has 36 heteroatoms. The fourth-order valence-corrected chi connectivity index (χ4v) is 21.3. The summed E-state index contributed by atoms with van der Waals surface area (Å²) in [7, 11) is 1.91. The Bertz CT molecular complexity index is 6010. The molecule has 31 nitrogen and oxygen atoms in total. The van der Waals surface area contributed by atoms with Gasteiger partial charge >= 0.3 is 31.5 Å². The number of hydrogen-bond donors (Lipinski definition) is 3. The van der Waals surface area contributed by atoms with Crippen LogP contribution in [-0.2, 0) is 72.7 Å². The van der Waals surface area contributed by atoms with E-state index in [0.717, 1.165) is 123 Å². The Hall–Kier alpha value is -10.4. The van der Waals surface area contributed by atoms with Crippen molar-refractivity contribution in [1.82, 2.24) is 38.8 Å². The van der Waals surface area contributed by atoms with E-state index >= 15 is 0 Å². The highest BCUT2D eigenvalue weighted by Crippen LogP contribution is 2.56. The normalized spacial score (nSPS) is 19.3. The second-order valence-electron chi connectivity index (χ2n) is 35.6. The maximum absolute atomic E-state index is 14.8. The lowest BCUT2D eigenvalue weighted by Crippen LogP contribution is -2.44. The Morgan fingerprint density at radius 3 is 1.33 bits per heavy atom. The number of carbonyl (C=O) groups is 6. The minimum atomic E-state index is -3.60. The zero-order chi connectivity index (χ0) is 99.3. The summed E-state index contributed by atoms with van der Waals surface area (Å²) in [5, 5.41) is 19.6. The fraction of sp³-hybridized carbons (Fsp3) is 0.438. The first kappa shape index (κ1) is 106. The summed E-state index contributed by atoms with van der Waals surface area (Å²) in [6.45, 7) is 4.08. The molecule has 11 heterocycles. The summed E-state index contributed by atoms with van der Waals surface area (Å²) in [5.41, 5.74) is 20.1. The van der Waals surface area contributed by atoms with Crippen molar-refractivity contribution in [3.05, 3.63) is 257 Å². The third-order valence-corrected chi connectivity index (χ3v) is 31.1. The molecule has 6 aliphatic heterocycles. The number of aromatic nitrogens is 6. The van der Waals surface area contributed by atoms with E-state index in [1.165, 1.54) is 85.5 Å². The van der Waals surface area contributed by atoms with Gasteiger partial charge in [-0.25, -0.2) is 23.9 Å². The Labute approximate surface area is 855 Å². The highest BCUT2D eigenvalue weighted by molar-refractivity contribution is 9.11. The van der Waals surface area contributed by atoms with E-state index in [-0.39, 0.29) is 98.4 Å². The first-order valence-electron chi connectivity index (χ1n) is 48.2. The number of Topliss-reactive ketones (excluding diaryl/α,β-unsaturated/α-hetero) is 1. The SMILES string of the molecule is COC(=O)CC[C@@H]1N=C(c2ccccn2)c2cc(Br)ccc2-n2c(C3CCC3)cnc21.COC(=O)CC[C@@H]1N=C(c2ccccn2)c2cc(Br)ccc2CC1=O.COC(=O)CC[C@@H]1N=C(c2ccccn2)c2cc(Br)ccc2N=C1CCC(O)C1CCC1.COC(=O)CC[C@@H]1N=C(c2ccccn2)c2cc(Br)ccc2N=C1OP(=O)(N1CCOCC1)N1CCOCC1.NCC(O)C1CCC1.O=CC1CCC1. The number of pyridine rings is 4. The molecule has 6 fully saturated rings. The monoisotopic (exact) mass is 2190 g/mol. The van der Waals surface area contributed by atoms with Gasteiger partial charge in [-0.2, -0.15) is 0 Å². The van der Waals surface area contributed by atoms with Gasteiger partial charge < -0.3 is 53.7 Å². The Morgan fingerprint density at radius 1 is 0.489 bits per heavy atom. The maximum Gasteiger partial charge on any atom is 0.397 e. The summed E-state index contributed by atoms with van der Waals surface area (Å²) in [6, 6.07) is 44.6. The molecule has 2 saturated heterocycles. The molecule has 10 aliphatic rings. The summed E-state index contributed by atoms with van der Waals surface area (Å²) < 4.78 is 61.4. The maximum atomic E-state index is 14.8. The minimum Gasteiger partial charge on any atom is -0.469 e. The van der Waals surface area contributed by atoms with Gasteiger partial charge in [-0.3, -0.25) is 73.4 Å². The molecule has 4 aromatic carbocycles. The third kappa shape index (κ3) is 28.4. The quantitative estimate of drug-likeness (QED) is 0.0186. The van der Waals surface area contributed by atoms with E-state index in [9.17, 15) is 38.4 Å². The van der Waals surface area contributed by atoms with Crippen molar-refractivity contribution in [2.45, 2.75) is 190 Å². The summed E-state index contributed by atoms with van der Waals surface area (Å²) in [4.78, 5) is 123. The molecule has 0 bridgehead atoms. The van der Waals surface area contributed by atoms with Crippen LogP contribution in [0.25, 0.3) is 5.69 Å². The van der Waals surface area contributed by atoms with Gasteiger partial charge in [0.1, 0.15) is 30.2 Å². The number of rotatable bonds is 27. The van der Waals surface area contributed by atoms with Gasteiger partial charge in [-0.05, 0) is 223 Å². The number of halogens is 4. The molecule has 0 amide bonds. The van der Waals surface area contributed by atoms with E-state index in [1.54, 1.807) is 24.8 Å². The number of hydrogen-bond acceptors (Lipinski definition) is 28.